The second-order valence-corrected chi connectivity index (χ2v) is 3.88. The van der Waals surface area contributed by atoms with Crippen molar-refractivity contribution < 1.29 is 10.0 Å². The van der Waals surface area contributed by atoms with E-state index in [4.69, 9.17) is 10.9 Å². The van der Waals surface area contributed by atoms with Crippen LogP contribution in [0, 0.1) is 0 Å². The Morgan fingerprint density at radius 1 is 1.37 bits per heavy atom. The van der Waals surface area contributed by atoms with Crippen molar-refractivity contribution in [2.24, 2.45) is 16.0 Å². The molecule has 100 valence electrons. The molecule has 0 spiro atoms. The van der Waals surface area contributed by atoms with E-state index < -0.39 is 5.91 Å². The number of nitrogens with zero attached hydrogens (tertiary/aromatic N) is 2. The molecule has 8 heteroatoms. The van der Waals surface area contributed by atoms with E-state index in [2.05, 4.69) is 33.2 Å². The number of hydrogen-bond donors (Lipinski definition) is 4. The molecule has 0 aliphatic carbocycles. The quantitative estimate of drug-likeness (QED) is 0.280. The molecule has 5 N–H and O–H groups in total. The zero-order valence-electron chi connectivity index (χ0n) is 10.1. The molecule has 1 aromatic rings. The maximum Gasteiger partial charge on any atom is 0.279 e. The highest BCUT2D eigenvalue weighted by molar-refractivity contribution is 7.80. The molecule has 0 aliphatic heterocycles. The van der Waals surface area contributed by atoms with Gasteiger partial charge in [-0.25, -0.2) is 0 Å². The van der Waals surface area contributed by atoms with E-state index in [0.717, 1.165) is 0 Å². The maximum absolute atomic E-state index is 11.9. The molecule has 19 heavy (non-hydrogen) atoms. The highest BCUT2D eigenvalue weighted by Gasteiger charge is 2.16. The van der Waals surface area contributed by atoms with Gasteiger partial charge in [-0.3, -0.25) is 10.2 Å². The van der Waals surface area contributed by atoms with E-state index in [0.29, 0.717) is 5.69 Å². The Bertz CT molecular complexity index is 527. The van der Waals surface area contributed by atoms with Gasteiger partial charge in [0.25, 0.3) is 5.91 Å². The Balaban J connectivity index is 2.78. The fraction of sp³-hybridized carbons (Fsp3) is 0.0909. The monoisotopic (exact) mass is 279 g/mol. The molecule has 0 atom stereocenters. The largest absolute Gasteiger partial charge is 0.410 e. The molecule has 0 aromatic heterocycles. The van der Waals surface area contributed by atoms with Gasteiger partial charge >= 0.3 is 0 Å². The summed E-state index contributed by atoms with van der Waals surface area (Å²) < 4.78 is 0. The molecule has 0 heterocycles. The number of nitrogens with two attached hydrogens (primary N) is 1. The third kappa shape index (κ3) is 4.72. The smallest absolute Gasteiger partial charge is 0.279 e. The molecule has 1 amide bonds. The van der Waals surface area contributed by atoms with E-state index in [1.54, 1.807) is 24.3 Å². The van der Waals surface area contributed by atoms with Gasteiger partial charge in [0, 0.05) is 5.69 Å². The number of anilines is 1. The van der Waals surface area contributed by atoms with Gasteiger partial charge in [-0.1, -0.05) is 23.4 Å². The Morgan fingerprint density at radius 3 is 2.53 bits per heavy atom. The lowest BCUT2D eigenvalue weighted by molar-refractivity contribution is -0.110. The first-order valence-corrected chi connectivity index (χ1v) is 5.64. The van der Waals surface area contributed by atoms with Crippen molar-refractivity contribution in [2.45, 2.75) is 6.92 Å². The minimum atomic E-state index is -0.598. The highest BCUT2D eigenvalue weighted by atomic mass is 32.1. The summed E-state index contributed by atoms with van der Waals surface area (Å²) in [6.07, 6.45) is 0. The van der Waals surface area contributed by atoms with Crippen LogP contribution in [0.3, 0.4) is 0 Å². The van der Waals surface area contributed by atoms with Crippen molar-refractivity contribution in [3.63, 3.8) is 0 Å². The maximum atomic E-state index is 11.9. The van der Waals surface area contributed by atoms with Crippen LogP contribution < -0.4 is 16.5 Å². The lowest BCUT2D eigenvalue weighted by Crippen LogP contribution is -2.32. The lowest BCUT2D eigenvalue weighted by Gasteiger charge is -2.06. The second-order valence-electron chi connectivity index (χ2n) is 3.44. The van der Waals surface area contributed by atoms with Crippen LogP contribution in [0.2, 0.25) is 0 Å². The predicted molar refractivity (Wildman–Crippen MR) is 77.3 cm³/mol. The average molecular weight is 279 g/mol. The fourth-order valence-electron chi connectivity index (χ4n) is 1.19. The molecule has 0 saturated heterocycles. The second kappa shape index (κ2) is 7.07. The van der Waals surface area contributed by atoms with E-state index >= 15 is 0 Å². The molecule has 0 radical (unpaired) electrons. The highest BCUT2D eigenvalue weighted by Crippen LogP contribution is 2.05. The summed E-state index contributed by atoms with van der Waals surface area (Å²) in [4.78, 5) is 11.9. The average Bonchev–Trinajstić information content (AvgIpc) is 2.38. The van der Waals surface area contributed by atoms with Crippen LogP contribution in [-0.2, 0) is 4.79 Å². The van der Waals surface area contributed by atoms with Gasteiger partial charge in [-0.2, -0.15) is 5.10 Å². The first-order valence-electron chi connectivity index (χ1n) is 5.23. The zero-order chi connectivity index (χ0) is 14.3. The number of amides is 1. The van der Waals surface area contributed by atoms with Gasteiger partial charge in [-0.15, -0.1) is 0 Å². The van der Waals surface area contributed by atoms with Crippen molar-refractivity contribution >= 4 is 40.3 Å². The fourth-order valence-corrected chi connectivity index (χ4v) is 1.23. The van der Waals surface area contributed by atoms with Crippen LogP contribution in [-0.4, -0.2) is 27.7 Å². The summed E-state index contributed by atoms with van der Waals surface area (Å²) in [7, 11) is 0. The molecule has 0 fully saturated rings. The van der Waals surface area contributed by atoms with Gasteiger partial charge in [-0.05, 0) is 31.3 Å². The molecule has 1 aromatic carbocycles. The number of benzene rings is 1. The van der Waals surface area contributed by atoms with E-state index in [1.807, 2.05) is 6.07 Å². The molecule has 0 saturated carbocycles. The first-order chi connectivity index (χ1) is 9.04. The summed E-state index contributed by atoms with van der Waals surface area (Å²) in [5, 5.41) is 18.0. The number of carbonyl (C=O) groups is 1. The number of carbonyl (C=O) groups excluding carboxylic acids is 1. The third-order valence-electron chi connectivity index (χ3n) is 2.02. The third-order valence-corrected chi connectivity index (χ3v) is 2.11. The van der Waals surface area contributed by atoms with Gasteiger partial charge in [0.1, 0.15) is 0 Å². The Morgan fingerprint density at radius 2 is 2.00 bits per heavy atom. The van der Waals surface area contributed by atoms with Crippen molar-refractivity contribution in [3.8, 4) is 0 Å². The SMILES string of the molecule is CC(=N/NC(N)=S)/C(=N/O)C(=O)Nc1ccccc1. The Hall–Kier alpha value is -2.48. The van der Waals surface area contributed by atoms with Gasteiger partial charge in [0.15, 0.2) is 10.8 Å². The molecular formula is C11H13N5O2S. The summed E-state index contributed by atoms with van der Waals surface area (Å²) >= 11 is 4.56. The zero-order valence-corrected chi connectivity index (χ0v) is 10.9. The molecule has 0 bridgehead atoms. The minimum Gasteiger partial charge on any atom is -0.410 e. The van der Waals surface area contributed by atoms with Crippen molar-refractivity contribution in [1.29, 1.82) is 0 Å². The van der Waals surface area contributed by atoms with Crippen molar-refractivity contribution in [2.75, 3.05) is 5.32 Å². The minimum absolute atomic E-state index is 0.0555. The Labute approximate surface area is 115 Å². The van der Waals surface area contributed by atoms with Crippen molar-refractivity contribution in [3.05, 3.63) is 30.3 Å². The van der Waals surface area contributed by atoms with Crippen LogP contribution in [0.15, 0.2) is 40.6 Å². The van der Waals surface area contributed by atoms with Crippen LogP contribution >= 0.6 is 12.2 Å². The van der Waals surface area contributed by atoms with E-state index in [1.165, 1.54) is 6.92 Å². The number of oxime groups is 1. The van der Waals surface area contributed by atoms with Gasteiger partial charge in [0.05, 0.1) is 5.71 Å². The molecular weight excluding hydrogens is 266 g/mol. The molecule has 0 aliphatic rings. The first kappa shape index (κ1) is 14.6. The normalized spacial score (nSPS) is 11.8. The molecule has 7 nitrogen and oxygen atoms in total. The van der Waals surface area contributed by atoms with Crippen LogP contribution in [0.25, 0.3) is 0 Å². The van der Waals surface area contributed by atoms with Crippen molar-refractivity contribution in [1.82, 2.24) is 5.43 Å². The van der Waals surface area contributed by atoms with E-state index in [-0.39, 0.29) is 16.5 Å². The van der Waals surface area contributed by atoms with Gasteiger partial charge in [0.2, 0.25) is 0 Å². The molecule has 1 rings (SSSR count). The van der Waals surface area contributed by atoms with Crippen LogP contribution in [0.5, 0.6) is 0 Å². The Kier molecular flexibility index (Phi) is 5.42. The number of hydrazone groups is 1. The van der Waals surface area contributed by atoms with E-state index in [9.17, 15) is 4.79 Å². The standard InChI is InChI=1S/C11H13N5O2S/c1-7(14-15-11(12)19)9(16-18)10(17)13-8-5-3-2-4-6-8/h2-6,18H,1H3,(H,13,17)(H3,12,15,19)/b14-7-,16-9-. The van der Waals surface area contributed by atoms with Crippen LogP contribution in [0.1, 0.15) is 6.92 Å². The number of para-hydroxylation sites is 1. The predicted octanol–water partition coefficient (Wildman–Crippen LogP) is 0.664. The summed E-state index contributed by atoms with van der Waals surface area (Å²) in [5.41, 5.74) is 7.97. The van der Waals surface area contributed by atoms with Gasteiger partial charge < -0.3 is 16.3 Å². The number of thiocarbonyl (C=S) groups is 1. The summed E-state index contributed by atoms with van der Waals surface area (Å²) in [6.45, 7) is 1.48. The topological polar surface area (TPSA) is 112 Å². The lowest BCUT2D eigenvalue weighted by atomic mass is 10.2. The molecule has 0 unspecified atom stereocenters. The number of hydrogen-bond acceptors (Lipinski definition) is 5. The van der Waals surface area contributed by atoms with Crippen LogP contribution in [0.4, 0.5) is 5.69 Å². The number of rotatable bonds is 4. The summed E-state index contributed by atoms with van der Waals surface area (Å²) in [5.74, 6) is -0.598. The summed E-state index contributed by atoms with van der Waals surface area (Å²) in [6, 6.07) is 8.75. The number of nitrogens with one attached hydrogen (secondary N) is 2.